The summed E-state index contributed by atoms with van der Waals surface area (Å²) in [7, 11) is 1.29. The molecule has 1 aromatic carbocycles. The Morgan fingerprint density at radius 3 is 2.50 bits per heavy atom. The second kappa shape index (κ2) is 9.59. The molecule has 0 aromatic heterocycles. The lowest BCUT2D eigenvalue weighted by Gasteiger charge is -2.21. The molecule has 0 N–H and O–H groups in total. The molecule has 0 aliphatic carbocycles. The van der Waals surface area contributed by atoms with Crippen LogP contribution in [0.15, 0.2) is 30.3 Å². The van der Waals surface area contributed by atoms with E-state index in [1.165, 1.54) is 25.8 Å². The van der Waals surface area contributed by atoms with Crippen LogP contribution in [0.5, 0.6) is 0 Å². The number of hydrogen-bond donors (Lipinski definition) is 0. The van der Waals surface area contributed by atoms with Gasteiger partial charge in [-0.25, -0.2) is 4.79 Å². The van der Waals surface area contributed by atoms with E-state index in [4.69, 9.17) is 14.2 Å². The minimum absolute atomic E-state index is 0.0265. The molecule has 2 unspecified atom stereocenters. The van der Waals surface area contributed by atoms with E-state index < -0.39 is 41.0 Å². The van der Waals surface area contributed by atoms with Crippen LogP contribution in [-0.2, 0) is 28.5 Å². The highest BCUT2D eigenvalue weighted by Gasteiger charge is 2.43. The second-order valence-electron chi connectivity index (χ2n) is 5.66. The van der Waals surface area contributed by atoms with Crippen LogP contribution in [0, 0.1) is 0 Å². The molecular weight excluding hydrogens is 360 g/mol. The number of methoxy groups -OCH3 is 1. The highest BCUT2D eigenvalue weighted by molar-refractivity contribution is 8.00. The number of carbonyl (C=O) groups excluding carboxylic acids is 3. The van der Waals surface area contributed by atoms with Gasteiger partial charge in [-0.15, -0.1) is 11.8 Å². The highest BCUT2D eigenvalue weighted by Crippen LogP contribution is 2.39. The summed E-state index contributed by atoms with van der Waals surface area (Å²) in [6.07, 6.45) is -0.911. The third kappa shape index (κ3) is 5.47. The maximum atomic E-state index is 12.3. The lowest BCUT2D eigenvalue weighted by Crippen LogP contribution is -2.31. The lowest BCUT2D eigenvalue weighted by atomic mass is 10.2. The van der Waals surface area contributed by atoms with E-state index in [1.807, 2.05) is 13.0 Å². The minimum atomic E-state index is -0.897. The third-order valence-corrected chi connectivity index (χ3v) is 5.15. The number of esters is 3. The molecule has 1 fully saturated rings. The minimum Gasteiger partial charge on any atom is -0.469 e. The summed E-state index contributed by atoms with van der Waals surface area (Å²) < 4.78 is 21.1. The van der Waals surface area contributed by atoms with Crippen LogP contribution >= 0.6 is 11.8 Å². The smallest absolute Gasteiger partial charge is 0.338 e. The van der Waals surface area contributed by atoms with Crippen molar-refractivity contribution in [2.45, 2.75) is 49.8 Å². The van der Waals surface area contributed by atoms with Crippen molar-refractivity contribution in [2.75, 3.05) is 7.11 Å². The molecule has 4 atom stereocenters. The molecule has 2 rings (SSSR count). The van der Waals surface area contributed by atoms with E-state index >= 15 is 0 Å². The molecule has 8 heteroatoms. The van der Waals surface area contributed by atoms with Gasteiger partial charge in [-0.05, 0) is 18.6 Å². The van der Waals surface area contributed by atoms with E-state index in [0.717, 1.165) is 0 Å². The maximum Gasteiger partial charge on any atom is 0.338 e. The molecule has 0 amide bonds. The molecule has 1 heterocycles. The van der Waals surface area contributed by atoms with Gasteiger partial charge in [0.05, 0.1) is 24.3 Å². The molecule has 1 aliphatic heterocycles. The summed E-state index contributed by atoms with van der Waals surface area (Å²) in [6.45, 7) is 3.13. The summed E-state index contributed by atoms with van der Waals surface area (Å²) in [5, 5.41) is -0.430. The van der Waals surface area contributed by atoms with Gasteiger partial charge < -0.3 is 18.9 Å². The average molecular weight is 382 g/mol. The summed E-state index contributed by atoms with van der Waals surface area (Å²) in [4.78, 5) is 35.2. The van der Waals surface area contributed by atoms with E-state index in [1.54, 1.807) is 24.3 Å². The van der Waals surface area contributed by atoms with Gasteiger partial charge in [0.2, 0.25) is 6.29 Å². The summed E-state index contributed by atoms with van der Waals surface area (Å²) in [5.41, 5.74) is -0.108. The third-order valence-electron chi connectivity index (χ3n) is 3.73. The van der Waals surface area contributed by atoms with Crippen molar-refractivity contribution >= 4 is 29.7 Å². The van der Waals surface area contributed by atoms with Crippen LogP contribution in [0.1, 0.15) is 37.0 Å². The zero-order chi connectivity index (χ0) is 19.1. The van der Waals surface area contributed by atoms with Gasteiger partial charge in [0.25, 0.3) is 0 Å². The van der Waals surface area contributed by atoms with Crippen LogP contribution in [0.25, 0.3) is 0 Å². The number of carbonyl (C=O) groups is 3. The zero-order valence-corrected chi connectivity index (χ0v) is 15.7. The van der Waals surface area contributed by atoms with Crippen molar-refractivity contribution in [2.24, 2.45) is 0 Å². The van der Waals surface area contributed by atoms with Gasteiger partial charge in [-0.1, -0.05) is 25.1 Å². The second-order valence-corrected chi connectivity index (χ2v) is 7.00. The highest BCUT2D eigenvalue weighted by atomic mass is 32.2. The van der Waals surface area contributed by atoms with Crippen molar-refractivity contribution in [3.63, 3.8) is 0 Å². The fourth-order valence-electron chi connectivity index (χ4n) is 2.43. The Labute approximate surface area is 156 Å². The zero-order valence-electron chi connectivity index (χ0n) is 14.9. The lowest BCUT2D eigenvalue weighted by molar-refractivity contribution is -0.182. The standard InChI is InChI=1S/C18H22O7S/c1-4-13(24-16(21)12-8-6-5-7-9-12)18-25-17(23-11(2)19)14(26-18)10-15(20)22-3/h5-9,13-14,17-18H,4,10H2,1-3H3/t13-,14-,17?,18?/m0/s1. The van der Waals surface area contributed by atoms with Crippen molar-refractivity contribution in [3.8, 4) is 0 Å². The topological polar surface area (TPSA) is 88.1 Å². The fourth-order valence-corrected chi connectivity index (χ4v) is 3.86. The first-order valence-electron chi connectivity index (χ1n) is 8.25. The maximum absolute atomic E-state index is 12.3. The molecule has 142 valence electrons. The predicted octanol–water partition coefficient (Wildman–Crippen LogP) is 2.53. The summed E-state index contributed by atoms with van der Waals surface area (Å²) in [6, 6.07) is 8.65. The van der Waals surface area contributed by atoms with Crippen molar-refractivity contribution < 1.29 is 33.3 Å². The summed E-state index contributed by atoms with van der Waals surface area (Å²) >= 11 is 1.30. The normalized spacial score (nSPS) is 23.1. The van der Waals surface area contributed by atoms with Gasteiger partial charge in [-0.2, -0.15) is 0 Å². The Bertz CT molecular complexity index is 634. The van der Waals surface area contributed by atoms with Crippen molar-refractivity contribution in [1.29, 1.82) is 0 Å². The Kier molecular flexibility index (Phi) is 7.47. The molecule has 0 bridgehead atoms. The van der Waals surface area contributed by atoms with Gasteiger partial charge in [0.1, 0.15) is 11.5 Å². The monoisotopic (exact) mass is 382 g/mol. The van der Waals surface area contributed by atoms with Gasteiger partial charge in [0.15, 0.2) is 0 Å². The Balaban J connectivity index is 2.05. The number of benzene rings is 1. The fraction of sp³-hybridized carbons (Fsp3) is 0.500. The Morgan fingerprint density at radius 1 is 1.23 bits per heavy atom. The van der Waals surface area contributed by atoms with E-state index in [9.17, 15) is 14.4 Å². The average Bonchev–Trinajstić information content (AvgIpc) is 3.01. The number of thioether (sulfide) groups is 1. The molecule has 26 heavy (non-hydrogen) atoms. The van der Waals surface area contributed by atoms with Crippen molar-refractivity contribution in [1.82, 2.24) is 0 Å². The number of hydrogen-bond acceptors (Lipinski definition) is 8. The predicted molar refractivity (Wildman–Crippen MR) is 94.4 cm³/mol. The molecular formula is C18H22O7S. The molecule has 7 nitrogen and oxygen atoms in total. The molecule has 0 spiro atoms. The molecule has 1 aliphatic rings. The van der Waals surface area contributed by atoms with E-state index in [-0.39, 0.29) is 6.42 Å². The first-order chi connectivity index (χ1) is 12.4. The van der Waals surface area contributed by atoms with Crippen molar-refractivity contribution in [3.05, 3.63) is 35.9 Å². The SMILES string of the molecule is CC[C@H](OC(=O)c1ccccc1)C1OC(OC(C)=O)[C@H](CC(=O)OC)S1. The summed E-state index contributed by atoms with van der Waals surface area (Å²) in [5.74, 6) is -1.40. The first kappa shape index (κ1) is 20.3. The van der Waals surface area contributed by atoms with Crippen LogP contribution in [0.2, 0.25) is 0 Å². The van der Waals surface area contributed by atoms with Crippen LogP contribution in [-0.4, -0.2) is 48.1 Å². The molecule has 1 aromatic rings. The first-order valence-corrected chi connectivity index (χ1v) is 9.19. The Morgan fingerprint density at radius 2 is 1.92 bits per heavy atom. The Hall–Kier alpha value is -2.06. The van der Waals surface area contributed by atoms with Gasteiger partial charge >= 0.3 is 17.9 Å². The van der Waals surface area contributed by atoms with Crippen LogP contribution in [0.3, 0.4) is 0 Å². The molecule has 1 saturated heterocycles. The van der Waals surface area contributed by atoms with Crippen LogP contribution in [0.4, 0.5) is 0 Å². The van der Waals surface area contributed by atoms with Gasteiger partial charge in [0, 0.05) is 6.92 Å². The quantitative estimate of drug-likeness (QED) is 0.525. The van der Waals surface area contributed by atoms with Crippen LogP contribution < -0.4 is 0 Å². The number of ether oxygens (including phenoxy) is 4. The van der Waals surface area contributed by atoms with E-state index in [0.29, 0.717) is 12.0 Å². The molecule has 0 saturated carbocycles. The molecule has 0 radical (unpaired) electrons. The number of rotatable bonds is 7. The van der Waals surface area contributed by atoms with Gasteiger partial charge in [-0.3, -0.25) is 9.59 Å². The largest absolute Gasteiger partial charge is 0.469 e. The van der Waals surface area contributed by atoms with E-state index in [2.05, 4.69) is 4.74 Å².